The van der Waals surface area contributed by atoms with Gasteiger partial charge in [-0.25, -0.2) is 4.79 Å². The first-order valence-electron chi connectivity index (χ1n) is 6.70. The van der Waals surface area contributed by atoms with Gasteiger partial charge in [-0.2, -0.15) is 0 Å². The van der Waals surface area contributed by atoms with Gasteiger partial charge in [-0.15, -0.1) is 0 Å². The largest absolute Gasteiger partial charge is 1.00 e. The molecule has 0 amide bonds. The second-order valence-corrected chi connectivity index (χ2v) is 5.60. The Bertz CT molecular complexity index is 488. The molecular formula is C16H24ClNO3. The summed E-state index contributed by atoms with van der Waals surface area (Å²) >= 11 is 0. The SMILES string of the molecule is C=C(C)C(=O)OC(O)(CC)[N+](C)(C)Cc1ccccc1.[Cl-]. The summed E-state index contributed by atoms with van der Waals surface area (Å²) in [5.74, 6) is -2.15. The van der Waals surface area contributed by atoms with Crippen LogP contribution in [0.3, 0.4) is 0 Å². The van der Waals surface area contributed by atoms with Crippen LogP contribution in [0.15, 0.2) is 42.5 Å². The van der Waals surface area contributed by atoms with Crippen LogP contribution < -0.4 is 12.4 Å². The summed E-state index contributed by atoms with van der Waals surface area (Å²) in [4.78, 5) is 11.7. The van der Waals surface area contributed by atoms with Crippen molar-refractivity contribution in [2.45, 2.75) is 32.7 Å². The van der Waals surface area contributed by atoms with Gasteiger partial charge < -0.3 is 22.3 Å². The van der Waals surface area contributed by atoms with E-state index in [1.165, 1.54) is 0 Å². The van der Waals surface area contributed by atoms with Crippen LogP contribution in [-0.2, 0) is 16.1 Å². The number of esters is 1. The third-order valence-corrected chi connectivity index (χ3v) is 3.43. The molecule has 118 valence electrons. The van der Waals surface area contributed by atoms with Crippen molar-refractivity contribution < 1.29 is 31.5 Å². The molecule has 0 saturated heterocycles. The van der Waals surface area contributed by atoms with Gasteiger partial charge in [0.05, 0.1) is 20.5 Å². The van der Waals surface area contributed by atoms with Crippen molar-refractivity contribution in [3.05, 3.63) is 48.0 Å². The highest BCUT2D eigenvalue weighted by molar-refractivity contribution is 5.87. The summed E-state index contributed by atoms with van der Waals surface area (Å²) in [5, 5.41) is 10.7. The minimum absolute atomic E-state index is 0. The second-order valence-electron chi connectivity index (χ2n) is 5.60. The molecule has 1 aromatic carbocycles. The van der Waals surface area contributed by atoms with Gasteiger partial charge in [0.1, 0.15) is 6.54 Å². The molecule has 1 aromatic rings. The lowest BCUT2D eigenvalue weighted by Gasteiger charge is -2.42. The predicted octanol–water partition coefficient (Wildman–Crippen LogP) is -0.558. The number of quaternary nitrogens is 1. The smallest absolute Gasteiger partial charge is 0.360 e. The molecule has 0 radical (unpaired) electrons. The standard InChI is InChI=1S/C16H24NO3.ClH/c1-6-16(19,20-15(18)13(2)3)17(4,5)12-14-10-8-7-9-11-14;/h7-11,19H,2,6,12H2,1,3-5H3;1H/q+1;/p-1. The number of carbonyl (C=O) groups is 1. The Morgan fingerprint density at radius 3 is 2.29 bits per heavy atom. The second kappa shape index (κ2) is 7.59. The van der Waals surface area contributed by atoms with E-state index in [1.54, 1.807) is 13.8 Å². The number of ether oxygens (including phenoxy) is 1. The minimum Gasteiger partial charge on any atom is -1.00 e. The fourth-order valence-corrected chi connectivity index (χ4v) is 2.02. The Morgan fingerprint density at radius 1 is 1.33 bits per heavy atom. The van der Waals surface area contributed by atoms with Crippen molar-refractivity contribution in [3.63, 3.8) is 0 Å². The summed E-state index contributed by atoms with van der Waals surface area (Å²) in [5.41, 5.74) is 1.34. The lowest BCUT2D eigenvalue weighted by Crippen LogP contribution is -3.00. The van der Waals surface area contributed by atoms with Gasteiger partial charge in [0.2, 0.25) is 0 Å². The van der Waals surface area contributed by atoms with Crippen molar-refractivity contribution in [1.82, 2.24) is 0 Å². The molecular weight excluding hydrogens is 290 g/mol. The first kappa shape index (κ1) is 19.6. The molecule has 1 rings (SSSR count). The quantitative estimate of drug-likeness (QED) is 0.331. The molecule has 0 aliphatic carbocycles. The Morgan fingerprint density at radius 2 is 1.86 bits per heavy atom. The van der Waals surface area contributed by atoms with Crippen LogP contribution in [0.5, 0.6) is 0 Å². The summed E-state index contributed by atoms with van der Waals surface area (Å²) in [6.45, 7) is 7.45. The molecule has 0 bridgehead atoms. The number of aliphatic hydroxyl groups is 1. The average Bonchev–Trinajstić information content (AvgIpc) is 2.38. The molecule has 0 aliphatic heterocycles. The molecule has 0 heterocycles. The zero-order chi connectivity index (χ0) is 15.4. The van der Waals surface area contributed by atoms with Crippen molar-refractivity contribution in [3.8, 4) is 0 Å². The lowest BCUT2D eigenvalue weighted by molar-refractivity contribution is -1.00. The minimum atomic E-state index is -1.58. The van der Waals surface area contributed by atoms with E-state index in [9.17, 15) is 9.90 Å². The van der Waals surface area contributed by atoms with Gasteiger partial charge in [0.15, 0.2) is 0 Å². The predicted molar refractivity (Wildman–Crippen MR) is 78.4 cm³/mol. The molecule has 0 aliphatic rings. The highest BCUT2D eigenvalue weighted by Gasteiger charge is 2.46. The highest BCUT2D eigenvalue weighted by Crippen LogP contribution is 2.27. The Kier molecular flexibility index (Phi) is 7.10. The third kappa shape index (κ3) is 4.84. The van der Waals surface area contributed by atoms with E-state index in [0.29, 0.717) is 13.0 Å². The van der Waals surface area contributed by atoms with Gasteiger partial charge in [-0.3, -0.25) is 4.48 Å². The zero-order valence-corrected chi connectivity index (χ0v) is 13.9. The first-order chi connectivity index (χ1) is 9.22. The van der Waals surface area contributed by atoms with Crippen LogP contribution >= 0.6 is 0 Å². The molecule has 1 unspecified atom stereocenters. The highest BCUT2D eigenvalue weighted by atomic mass is 35.5. The van der Waals surface area contributed by atoms with Crippen LogP contribution in [0.2, 0.25) is 0 Å². The van der Waals surface area contributed by atoms with E-state index in [1.807, 2.05) is 44.4 Å². The summed E-state index contributed by atoms with van der Waals surface area (Å²) in [6.07, 6.45) is 0.297. The van der Waals surface area contributed by atoms with E-state index in [-0.39, 0.29) is 22.5 Å². The van der Waals surface area contributed by atoms with Gasteiger partial charge in [-0.1, -0.05) is 43.8 Å². The number of nitrogens with zero attached hydrogens (tertiary/aromatic N) is 1. The molecule has 0 saturated carbocycles. The third-order valence-electron chi connectivity index (χ3n) is 3.43. The molecule has 5 heteroatoms. The maximum Gasteiger partial charge on any atom is 0.360 e. The number of halogens is 1. The van der Waals surface area contributed by atoms with Crippen LogP contribution in [0, 0.1) is 0 Å². The molecule has 1 atom stereocenters. The van der Waals surface area contributed by atoms with Gasteiger partial charge in [-0.05, 0) is 6.92 Å². The molecule has 0 spiro atoms. The monoisotopic (exact) mass is 313 g/mol. The van der Waals surface area contributed by atoms with Gasteiger partial charge >= 0.3 is 11.9 Å². The summed E-state index contributed by atoms with van der Waals surface area (Å²) in [6, 6.07) is 9.80. The van der Waals surface area contributed by atoms with Crippen LogP contribution in [0.1, 0.15) is 25.8 Å². The van der Waals surface area contributed by atoms with Gasteiger partial charge in [0.25, 0.3) is 0 Å². The zero-order valence-electron chi connectivity index (χ0n) is 13.1. The van der Waals surface area contributed by atoms with E-state index < -0.39 is 11.9 Å². The number of benzene rings is 1. The molecule has 0 fully saturated rings. The number of hydrogen-bond donors (Lipinski definition) is 1. The fraction of sp³-hybridized carbons (Fsp3) is 0.438. The average molecular weight is 314 g/mol. The van der Waals surface area contributed by atoms with E-state index in [4.69, 9.17) is 4.74 Å². The van der Waals surface area contributed by atoms with E-state index in [0.717, 1.165) is 5.56 Å². The van der Waals surface area contributed by atoms with Crippen LogP contribution in [-0.4, -0.2) is 35.6 Å². The normalized spacial score (nSPS) is 13.8. The van der Waals surface area contributed by atoms with Gasteiger partial charge in [0, 0.05) is 11.1 Å². The van der Waals surface area contributed by atoms with Crippen LogP contribution in [0.25, 0.3) is 0 Å². The van der Waals surface area contributed by atoms with E-state index in [2.05, 4.69) is 6.58 Å². The summed E-state index contributed by atoms with van der Waals surface area (Å²) < 4.78 is 5.41. The number of carbonyl (C=O) groups excluding carboxylic acids is 1. The maximum absolute atomic E-state index is 11.7. The van der Waals surface area contributed by atoms with Crippen molar-refractivity contribution >= 4 is 5.97 Å². The molecule has 4 nitrogen and oxygen atoms in total. The Labute approximate surface area is 133 Å². The number of rotatable bonds is 6. The molecule has 0 aromatic heterocycles. The molecule has 21 heavy (non-hydrogen) atoms. The fourth-order valence-electron chi connectivity index (χ4n) is 2.02. The molecule has 1 N–H and O–H groups in total. The van der Waals surface area contributed by atoms with Crippen molar-refractivity contribution in [1.29, 1.82) is 0 Å². The Hall–Kier alpha value is -1.36. The summed E-state index contributed by atoms with van der Waals surface area (Å²) in [7, 11) is 3.67. The topological polar surface area (TPSA) is 46.5 Å². The van der Waals surface area contributed by atoms with Crippen LogP contribution in [0.4, 0.5) is 0 Å². The maximum atomic E-state index is 11.7. The number of hydrogen-bond acceptors (Lipinski definition) is 3. The lowest BCUT2D eigenvalue weighted by atomic mass is 10.1. The van der Waals surface area contributed by atoms with E-state index >= 15 is 0 Å². The van der Waals surface area contributed by atoms with Crippen molar-refractivity contribution in [2.24, 2.45) is 0 Å². The Balaban J connectivity index is 0.00000400. The van der Waals surface area contributed by atoms with Crippen molar-refractivity contribution in [2.75, 3.05) is 14.1 Å². The first-order valence-corrected chi connectivity index (χ1v) is 6.70.